The van der Waals surface area contributed by atoms with Crippen molar-refractivity contribution in [3.8, 4) is 0 Å². The molecule has 3 rings (SSSR count). The molecular weight excluding hydrogens is 228 g/mol. The fourth-order valence-corrected chi connectivity index (χ4v) is 3.03. The average molecular weight is 246 g/mol. The van der Waals surface area contributed by atoms with Gasteiger partial charge < -0.3 is 5.11 Å². The van der Waals surface area contributed by atoms with E-state index in [2.05, 4.69) is 11.9 Å². The van der Waals surface area contributed by atoms with E-state index in [9.17, 15) is 9.90 Å². The molecule has 1 aromatic heterocycles. The van der Waals surface area contributed by atoms with Crippen molar-refractivity contribution in [2.75, 3.05) is 0 Å². The summed E-state index contributed by atoms with van der Waals surface area (Å²) in [5, 5.41) is 9.30. The first-order chi connectivity index (χ1) is 8.72. The summed E-state index contributed by atoms with van der Waals surface area (Å²) in [6.07, 6.45) is 6.73. The summed E-state index contributed by atoms with van der Waals surface area (Å²) in [5.41, 5.74) is 2.75. The molecule has 0 fully saturated rings. The molecule has 1 atom stereocenters. The molecule has 0 aromatic carbocycles. The number of fused-ring (bicyclic) bond motifs is 2. The number of hydrogen-bond donors (Lipinski definition) is 1. The molecule has 1 unspecified atom stereocenters. The molecule has 4 nitrogen and oxygen atoms in total. The van der Waals surface area contributed by atoms with Gasteiger partial charge in [0, 0.05) is 17.2 Å². The summed E-state index contributed by atoms with van der Waals surface area (Å²) in [4.78, 5) is 17.2. The maximum absolute atomic E-state index is 12.5. The highest BCUT2D eigenvalue weighted by atomic mass is 16.2. The molecule has 1 aromatic rings. The van der Waals surface area contributed by atoms with Crippen molar-refractivity contribution in [3.63, 3.8) is 0 Å². The third-order valence-electron chi connectivity index (χ3n) is 4.10. The second kappa shape index (κ2) is 4.26. The lowest BCUT2D eigenvalue weighted by molar-refractivity contribution is 0.435. The van der Waals surface area contributed by atoms with E-state index in [1.54, 1.807) is 4.57 Å². The molecule has 0 saturated heterocycles. The summed E-state index contributed by atoms with van der Waals surface area (Å²) in [6.45, 7) is 2.05. The van der Waals surface area contributed by atoms with Crippen LogP contribution < -0.4 is 5.56 Å². The van der Waals surface area contributed by atoms with Gasteiger partial charge in [-0.3, -0.25) is 9.36 Å². The van der Waals surface area contributed by atoms with Gasteiger partial charge in [-0.2, -0.15) is 0 Å². The number of aromatic nitrogens is 2. The van der Waals surface area contributed by atoms with Crippen LogP contribution in [0.5, 0.6) is 0 Å². The third-order valence-corrected chi connectivity index (χ3v) is 4.10. The topological polar surface area (TPSA) is 55.1 Å². The summed E-state index contributed by atoms with van der Waals surface area (Å²) in [5.74, 6) is 0.682. The van der Waals surface area contributed by atoms with Crippen molar-refractivity contribution < 1.29 is 5.11 Å². The summed E-state index contributed by atoms with van der Waals surface area (Å²) >= 11 is 0. The summed E-state index contributed by atoms with van der Waals surface area (Å²) < 4.78 is 1.77. The number of aliphatic hydroxyl groups is 1. The van der Waals surface area contributed by atoms with E-state index >= 15 is 0 Å². The molecule has 2 aliphatic rings. The second-order valence-electron chi connectivity index (χ2n) is 5.28. The first-order valence-electron chi connectivity index (χ1n) is 6.70. The fraction of sp³-hybridized carbons (Fsp3) is 0.571. The van der Waals surface area contributed by atoms with E-state index in [1.807, 2.05) is 0 Å². The van der Waals surface area contributed by atoms with Crippen LogP contribution in [-0.4, -0.2) is 14.7 Å². The minimum absolute atomic E-state index is 0.112. The number of aliphatic hydroxyl groups excluding tert-OH is 1. The molecule has 1 N–H and O–H groups in total. The van der Waals surface area contributed by atoms with Crippen LogP contribution in [0.3, 0.4) is 0 Å². The Morgan fingerprint density at radius 1 is 1.33 bits per heavy atom. The average Bonchev–Trinajstić information content (AvgIpc) is 2.39. The van der Waals surface area contributed by atoms with E-state index in [-0.39, 0.29) is 11.6 Å². The fourth-order valence-electron chi connectivity index (χ4n) is 3.03. The smallest absolute Gasteiger partial charge is 0.257 e. The van der Waals surface area contributed by atoms with Crippen LogP contribution in [0.4, 0.5) is 0 Å². The van der Waals surface area contributed by atoms with Gasteiger partial charge in [0.1, 0.15) is 5.82 Å². The van der Waals surface area contributed by atoms with Crippen molar-refractivity contribution in [2.45, 2.75) is 51.5 Å². The van der Waals surface area contributed by atoms with Gasteiger partial charge in [0.25, 0.3) is 5.56 Å². The van der Waals surface area contributed by atoms with Crippen LogP contribution in [0.15, 0.2) is 11.1 Å². The monoisotopic (exact) mass is 246 g/mol. The van der Waals surface area contributed by atoms with Crippen LogP contribution in [0.2, 0.25) is 0 Å². The molecule has 0 saturated carbocycles. The quantitative estimate of drug-likeness (QED) is 0.715. The zero-order valence-electron chi connectivity index (χ0n) is 10.6. The third kappa shape index (κ3) is 1.59. The Morgan fingerprint density at radius 2 is 2.11 bits per heavy atom. The Morgan fingerprint density at radius 3 is 2.89 bits per heavy atom. The number of aryl methyl sites for hydroxylation is 1. The van der Waals surface area contributed by atoms with E-state index < -0.39 is 0 Å². The van der Waals surface area contributed by atoms with Crippen LogP contribution >= 0.6 is 0 Å². The summed E-state index contributed by atoms with van der Waals surface area (Å²) in [6, 6.07) is 0.177. The molecule has 4 heteroatoms. The van der Waals surface area contributed by atoms with E-state index in [0.29, 0.717) is 5.82 Å². The van der Waals surface area contributed by atoms with Crippen LogP contribution in [0.1, 0.15) is 55.7 Å². The number of rotatable bonds is 0. The number of nitrogens with zero attached hydrogens (tertiary/aromatic N) is 2. The maximum Gasteiger partial charge on any atom is 0.257 e. The predicted molar refractivity (Wildman–Crippen MR) is 69.7 cm³/mol. The minimum atomic E-state index is 0.112. The van der Waals surface area contributed by atoms with Crippen molar-refractivity contribution in [1.29, 1.82) is 0 Å². The molecule has 0 bridgehead atoms. The minimum Gasteiger partial charge on any atom is -0.515 e. The first-order valence-corrected chi connectivity index (χ1v) is 6.70. The second-order valence-corrected chi connectivity index (χ2v) is 5.28. The summed E-state index contributed by atoms with van der Waals surface area (Å²) in [7, 11) is 0. The number of hydrogen-bond acceptors (Lipinski definition) is 3. The van der Waals surface area contributed by atoms with Gasteiger partial charge in [-0.25, -0.2) is 4.98 Å². The van der Waals surface area contributed by atoms with Gasteiger partial charge in [0.2, 0.25) is 0 Å². The van der Waals surface area contributed by atoms with Crippen molar-refractivity contribution >= 4 is 5.57 Å². The zero-order valence-corrected chi connectivity index (χ0v) is 10.6. The van der Waals surface area contributed by atoms with Crippen molar-refractivity contribution in [3.05, 3.63) is 33.7 Å². The zero-order chi connectivity index (χ0) is 12.7. The Hall–Kier alpha value is -1.58. The van der Waals surface area contributed by atoms with E-state index in [4.69, 9.17) is 0 Å². The Labute approximate surface area is 106 Å². The van der Waals surface area contributed by atoms with E-state index in [0.717, 1.165) is 61.6 Å². The first kappa shape index (κ1) is 11.5. The molecule has 0 amide bonds. The van der Waals surface area contributed by atoms with Gasteiger partial charge in [0.05, 0.1) is 12.0 Å². The maximum atomic E-state index is 12.5. The molecule has 0 spiro atoms. The Kier molecular flexibility index (Phi) is 2.73. The largest absolute Gasteiger partial charge is 0.515 e. The molecule has 18 heavy (non-hydrogen) atoms. The van der Waals surface area contributed by atoms with Gasteiger partial charge >= 0.3 is 0 Å². The lowest BCUT2D eigenvalue weighted by Crippen LogP contribution is -2.35. The Balaban J connectivity index is 2.28. The SMILES string of the molecule is CC1CC/C(=C/O)c2nc3c(c(=O)n21)CCCC3. The van der Waals surface area contributed by atoms with Crippen molar-refractivity contribution in [2.24, 2.45) is 0 Å². The van der Waals surface area contributed by atoms with Gasteiger partial charge in [-0.05, 0) is 45.4 Å². The van der Waals surface area contributed by atoms with Crippen LogP contribution in [-0.2, 0) is 12.8 Å². The highest BCUT2D eigenvalue weighted by Gasteiger charge is 2.26. The van der Waals surface area contributed by atoms with Crippen LogP contribution in [0, 0.1) is 0 Å². The van der Waals surface area contributed by atoms with Crippen LogP contribution in [0.25, 0.3) is 5.57 Å². The standard InChI is InChI=1S/C14H18N2O2/c1-9-6-7-10(8-17)13-15-12-5-3-2-4-11(12)14(18)16(9)13/h8-9,17H,2-7H2,1H3/b10-8-. The lowest BCUT2D eigenvalue weighted by Gasteiger charge is -2.28. The van der Waals surface area contributed by atoms with Gasteiger partial charge in [0.15, 0.2) is 0 Å². The number of allylic oxidation sites excluding steroid dienone is 1. The highest BCUT2D eigenvalue weighted by Crippen LogP contribution is 2.31. The molecule has 2 heterocycles. The van der Waals surface area contributed by atoms with Gasteiger partial charge in [-0.1, -0.05) is 0 Å². The van der Waals surface area contributed by atoms with Crippen molar-refractivity contribution in [1.82, 2.24) is 9.55 Å². The Bertz CT molecular complexity index is 572. The molecule has 1 aliphatic carbocycles. The van der Waals surface area contributed by atoms with Gasteiger partial charge in [-0.15, -0.1) is 0 Å². The normalized spacial score (nSPS) is 24.7. The predicted octanol–water partition coefficient (Wildman–Crippen LogP) is 2.38. The highest BCUT2D eigenvalue weighted by molar-refractivity contribution is 5.60. The van der Waals surface area contributed by atoms with E-state index in [1.165, 1.54) is 0 Å². The lowest BCUT2D eigenvalue weighted by atomic mass is 9.94. The molecule has 1 aliphatic heterocycles. The molecule has 96 valence electrons. The molecular formula is C14H18N2O2. The molecule has 0 radical (unpaired) electrons.